The number of fused-ring (bicyclic) bond motifs is 3. The maximum Gasteiger partial charge on any atom is 0.124 e. The molecule has 0 unspecified atom stereocenters. The molecule has 2 N–H and O–H groups in total. The summed E-state index contributed by atoms with van der Waals surface area (Å²) in [4.78, 5) is 6.99. The van der Waals surface area contributed by atoms with Crippen molar-refractivity contribution in [3.8, 4) is 11.5 Å². The van der Waals surface area contributed by atoms with Crippen molar-refractivity contribution < 1.29 is 9.47 Å². The van der Waals surface area contributed by atoms with Gasteiger partial charge in [0.2, 0.25) is 0 Å². The van der Waals surface area contributed by atoms with Gasteiger partial charge in [-0.05, 0) is 47.9 Å². The summed E-state index contributed by atoms with van der Waals surface area (Å²) in [6.07, 6.45) is 5.18. The highest BCUT2D eigenvalue weighted by atomic mass is 16.5. The van der Waals surface area contributed by atoms with Gasteiger partial charge in [-0.3, -0.25) is 0 Å². The Hall–Kier alpha value is -3.66. The molecule has 30 heavy (non-hydrogen) atoms. The third-order valence-electron chi connectivity index (χ3n) is 6.48. The first-order valence-electron chi connectivity index (χ1n) is 10.3. The Morgan fingerprint density at radius 2 is 1.43 bits per heavy atom. The van der Waals surface area contributed by atoms with Crippen molar-refractivity contribution in [1.29, 1.82) is 0 Å². The van der Waals surface area contributed by atoms with Gasteiger partial charge in [0.25, 0.3) is 0 Å². The Balaban J connectivity index is 1.76. The molecule has 4 nitrogen and oxygen atoms in total. The van der Waals surface area contributed by atoms with Crippen LogP contribution in [0, 0.1) is 0 Å². The third kappa shape index (κ3) is 2.28. The zero-order valence-corrected chi connectivity index (χ0v) is 16.7. The minimum absolute atomic E-state index is 0.360. The number of aromatic amines is 2. The van der Waals surface area contributed by atoms with Gasteiger partial charge in [-0.15, -0.1) is 0 Å². The number of H-pyrrole nitrogens is 2. The second kappa shape index (κ2) is 6.42. The van der Waals surface area contributed by atoms with E-state index in [0.717, 1.165) is 34.5 Å². The first-order valence-corrected chi connectivity index (χ1v) is 10.3. The molecule has 1 aliphatic rings. The van der Waals surface area contributed by atoms with Gasteiger partial charge in [-0.2, -0.15) is 0 Å². The number of hydrogen-bond donors (Lipinski definition) is 2. The zero-order valence-electron chi connectivity index (χ0n) is 16.7. The second-order valence-electron chi connectivity index (χ2n) is 7.86. The van der Waals surface area contributed by atoms with E-state index in [1.54, 1.807) is 7.11 Å². The average Bonchev–Trinajstić information content (AvgIpc) is 3.43. The molecule has 5 aromatic rings. The molecule has 6 rings (SSSR count). The van der Waals surface area contributed by atoms with Crippen LogP contribution in [0.3, 0.4) is 0 Å². The highest BCUT2D eigenvalue weighted by molar-refractivity contribution is 5.91. The van der Waals surface area contributed by atoms with Crippen LogP contribution in [0.25, 0.3) is 21.8 Å². The number of nitrogens with one attached hydrogen (secondary N) is 2. The van der Waals surface area contributed by atoms with Crippen LogP contribution in [-0.2, 0) is 5.41 Å². The maximum atomic E-state index is 6.12. The summed E-state index contributed by atoms with van der Waals surface area (Å²) in [5, 5.41) is 2.47. The number of aromatic nitrogens is 2. The molecule has 3 heterocycles. The summed E-state index contributed by atoms with van der Waals surface area (Å²) in [7, 11) is 1.71. The van der Waals surface area contributed by atoms with Gasteiger partial charge in [-0.1, -0.05) is 36.4 Å². The Morgan fingerprint density at radius 1 is 0.800 bits per heavy atom. The summed E-state index contributed by atoms with van der Waals surface area (Å²) in [5.74, 6) is 1.75. The lowest BCUT2D eigenvalue weighted by Crippen LogP contribution is -2.35. The van der Waals surface area contributed by atoms with E-state index >= 15 is 0 Å². The van der Waals surface area contributed by atoms with Crippen LogP contribution in [-0.4, -0.2) is 23.7 Å². The van der Waals surface area contributed by atoms with E-state index in [4.69, 9.17) is 9.47 Å². The van der Waals surface area contributed by atoms with Crippen LogP contribution in [0.5, 0.6) is 11.5 Å². The maximum absolute atomic E-state index is 6.12. The summed E-state index contributed by atoms with van der Waals surface area (Å²) in [6, 6.07) is 23.2. The summed E-state index contributed by atoms with van der Waals surface area (Å²) < 4.78 is 11.7. The third-order valence-corrected chi connectivity index (χ3v) is 6.48. The lowest BCUT2D eigenvalue weighted by atomic mass is 9.66. The average molecular weight is 394 g/mol. The summed E-state index contributed by atoms with van der Waals surface area (Å²) in [6.45, 7) is 0.651. The number of benzene rings is 3. The molecule has 4 heteroatoms. The van der Waals surface area contributed by atoms with E-state index in [0.29, 0.717) is 6.61 Å². The minimum atomic E-state index is -0.360. The van der Waals surface area contributed by atoms with Crippen LogP contribution < -0.4 is 9.47 Å². The standard InChI is InChI=1S/C26H22N2O2/c1-29-17-10-11-25-20(14-17)26(12-13-30-25,21-15-27-23-8-4-2-6-18(21)23)22-16-28-24-9-5-3-7-19(22)24/h2-11,14-16,27-28H,12-13H2,1H3. The fraction of sp³-hybridized carbons (Fsp3) is 0.154. The molecule has 0 saturated carbocycles. The van der Waals surface area contributed by atoms with Crippen molar-refractivity contribution in [2.24, 2.45) is 0 Å². The van der Waals surface area contributed by atoms with Crippen molar-refractivity contribution >= 4 is 21.8 Å². The zero-order chi connectivity index (χ0) is 20.1. The fourth-order valence-electron chi connectivity index (χ4n) is 5.10. The van der Waals surface area contributed by atoms with Crippen LogP contribution in [0.2, 0.25) is 0 Å². The largest absolute Gasteiger partial charge is 0.497 e. The minimum Gasteiger partial charge on any atom is -0.497 e. The summed E-state index contributed by atoms with van der Waals surface area (Å²) >= 11 is 0. The molecular weight excluding hydrogens is 372 g/mol. The van der Waals surface area contributed by atoms with Crippen LogP contribution in [0.1, 0.15) is 23.1 Å². The lowest BCUT2D eigenvalue weighted by Gasteiger charge is -2.39. The van der Waals surface area contributed by atoms with Gasteiger partial charge in [0.15, 0.2) is 0 Å². The Labute approximate surface area is 174 Å². The molecule has 0 bridgehead atoms. The van der Waals surface area contributed by atoms with Crippen LogP contribution >= 0.6 is 0 Å². The number of para-hydroxylation sites is 2. The molecule has 148 valence electrons. The second-order valence-corrected chi connectivity index (χ2v) is 7.86. The Kier molecular flexibility index (Phi) is 3.69. The molecule has 3 aromatic carbocycles. The van der Waals surface area contributed by atoms with E-state index < -0.39 is 0 Å². The topological polar surface area (TPSA) is 50.0 Å². The van der Waals surface area contributed by atoms with Gasteiger partial charge >= 0.3 is 0 Å². The van der Waals surface area contributed by atoms with E-state index in [9.17, 15) is 0 Å². The van der Waals surface area contributed by atoms with E-state index in [1.807, 2.05) is 12.1 Å². The number of ether oxygens (including phenoxy) is 2. The monoisotopic (exact) mass is 394 g/mol. The first kappa shape index (κ1) is 17.2. The van der Waals surface area contributed by atoms with Gasteiger partial charge in [-0.25, -0.2) is 0 Å². The number of hydrogen-bond acceptors (Lipinski definition) is 2. The van der Waals surface area contributed by atoms with Crippen molar-refractivity contribution in [1.82, 2.24) is 9.97 Å². The first-order chi connectivity index (χ1) is 14.8. The molecule has 0 spiro atoms. The van der Waals surface area contributed by atoms with Crippen molar-refractivity contribution in [3.63, 3.8) is 0 Å². The Morgan fingerprint density at radius 3 is 2.07 bits per heavy atom. The molecule has 0 amide bonds. The normalized spacial score (nSPS) is 15.1. The number of rotatable bonds is 3. The molecule has 0 aliphatic carbocycles. The summed E-state index contributed by atoms with van der Waals surface area (Å²) in [5.41, 5.74) is 5.59. The molecule has 1 aliphatic heterocycles. The van der Waals surface area contributed by atoms with Gasteiger partial charge in [0.05, 0.1) is 19.1 Å². The highest BCUT2D eigenvalue weighted by Crippen LogP contribution is 2.52. The quantitative estimate of drug-likeness (QED) is 0.408. The van der Waals surface area contributed by atoms with E-state index in [-0.39, 0.29) is 5.41 Å². The number of methoxy groups -OCH3 is 1. The van der Waals surface area contributed by atoms with Crippen molar-refractivity contribution in [2.45, 2.75) is 11.8 Å². The van der Waals surface area contributed by atoms with Gasteiger partial charge < -0.3 is 19.4 Å². The van der Waals surface area contributed by atoms with Gasteiger partial charge in [0, 0.05) is 39.8 Å². The smallest absolute Gasteiger partial charge is 0.124 e. The predicted octanol–water partition coefficient (Wildman–Crippen LogP) is 5.77. The molecule has 0 saturated heterocycles. The highest BCUT2D eigenvalue weighted by Gasteiger charge is 2.44. The van der Waals surface area contributed by atoms with Gasteiger partial charge in [0.1, 0.15) is 11.5 Å². The predicted molar refractivity (Wildman–Crippen MR) is 120 cm³/mol. The molecule has 2 aromatic heterocycles. The molecule has 0 atom stereocenters. The Bertz CT molecular complexity index is 1300. The van der Waals surface area contributed by atoms with Crippen LogP contribution in [0.15, 0.2) is 79.1 Å². The van der Waals surface area contributed by atoms with Crippen molar-refractivity contribution in [2.75, 3.05) is 13.7 Å². The molecule has 0 radical (unpaired) electrons. The van der Waals surface area contributed by atoms with Crippen LogP contribution in [0.4, 0.5) is 0 Å². The van der Waals surface area contributed by atoms with Crippen molar-refractivity contribution in [3.05, 3.63) is 95.8 Å². The molecular formula is C26H22N2O2. The lowest BCUT2D eigenvalue weighted by molar-refractivity contribution is 0.252. The van der Waals surface area contributed by atoms with E-state index in [2.05, 4.69) is 77.0 Å². The molecule has 0 fully saturated rings. The van der Waals surface area contributed by atoms with E-state index in [1.165, 1.54) is 21.9 Å². The SMILES string of the molecule is COc1ccc2c(c1)C(c1c[nH]c3ccccc13)(c1c[nH]c3ccccc13)CCO2. The fourth-order valence-corrected chi connectivity index (χ4v) is 5.10.